The van der Waals surface area contributed by atoms with Crippen LogP contribution in [-0.2, 0) is 6.54 Å². The van der Waals surface area contributed by atoms with Crippen molar-refractivity contribution in [3.05, 3.63) is 102 Å². The number of rotatable bonds is 6. The number of benzene rings is 3. The van der Waals surface area contributed by atoms with Gasteiger partial charge < -0.3 is 29.0 Å². The molecule has 1 N–H and O–H groups in total. The van der Waals surface area contributed by atoms with Gasteiger partial charge in [-0.25, -0.2) is 4.79 Å². The largest absolute Gasteiger partial charge is 0.494 e. The molecule has 5 rings (SSSR count). The smallest absolute Gasteiger partial charge is 0.322 e. The Morgan fingerprint density at radius 1 is 0.944 bits per heavy atom. The van der Waals surface area contributed by atoms with Crippen molar-refractivity contribution in [3.63, 3.8) is 0 Å². The van der Waals surface area contributed by atoms with E-state index in [0.29, 0.717) is 30.3 Å². The van der Waals surface area contributed by atoms with Gasteiger partial charge in [0, 0.05) is 23.6 Å². The third kappa shape index (κ3) is 4.35. The van der Waals surface area contributed by atoms with Crippen LogP contribution in [0.3, 0.4) is 0 Å². The number of carbonyl (C=O) groups excluding carboxylic acids is 1. The fraction of sp³-hybridized carbons (Fsp3) is 0.207. The van der Waals surface area contributed by atoms with E-state index in [1.54, 1.807) is 32.4 Å². The van der Waals surface area contributed by atoms with Gasteiger partial charge in [-0.05, 0) is 60.5 Å². The minimum absolute atomic E-state index is 0.217. The zero-order chi connectivity index (χ0) is 25.1. The summed E-state index contributed by atoms with van der Waals surface area (Å²) in [6, 6.07) is 25.0. The van der Waals surface area contributed by atoms with E-state index in [2.05, 4.69) is 28.1 Å². The number of ether oxygens (including phenoxy) is 3. The van der Waals surface area contributed by atoms with Gasteiger partial charge in [0.2, 0.25) is 0 Å². The van der Waals surface area contributed by atoms with Crippen LogP contribution in [0.15, 0.2) is 85.1 Å². The van der Waals surface area contributed by atoms with Crippen LogP contribution in [0, 0.1) is 0 Å². The molecule has 0 bridgehead atoms. The highest BCUT2D eigenvalue weighted by Crippen LogP contribution is 2.38. The number of aromatic nitrogens is 1. The maximum atomic E-state index is 13.9. The molecule has 3 aromatic carbocycles. The summed E-state index contributed by atoms with van der Waals surface area (Å²) in [6.07, 6.45) is 2.05. The Labute approximate surface area is 210 Å². The van der Waals surface area contributed by atoms with Crippen molar-refractivity contribution < 1.29 is 19.0 Å². The van der Waals surface area contributed by atoms with Gasteiger partial charge in [-0.1, -0.05) is 30.3 Å². The summed E-state index contributed by atoms with van der Waals surface area (Å²) in [6.45, 7) is 3.00. The average Bonchev–Trinajstić information content (AvgIpc) is 3.33. The third-order valence-electron chi connectivity index (χ3n) is 6.37. The molecule has 0 unspecified atom stereocenters. The molecule has 2 heterocycles. The highest BCUT2D eigenvalue weighted by Gasteiger charge is 2.33. The molecule has 0 saturated carbocycles. The van der Waals surface area contributed by atoms with Crippen LogP contribution < -0.4 is 19.5 Å². The quantitative estimate of drug-likeness (QED) is 0.364. The van der Waals surface area contributed by atoms with Crippen molar-refractivity contribution in [2.24, 2.45) is 0 Å². The summed E-state index contributed by atoms with van der Waals surface area (Å²) in [4.78, 5) is 15.7. The van der Waals surface area contributed by atoms with Crippen molar-refractivity contribution in [1.29, 1.82) is 0 Å². The lowest BCUT2D eigenvalue weighted by Crippen LogP contribution is -2.37. The molecule has 7 heteroatoms. The van der Waals surface area contributed by atoms with E-state index >= 15 is 0 Å². The molecule has 1 aliphatic rings. The van der Waals surface area contributed by atoms with E-state index in [0.717, 1.165) is 28.3 Å². The number of fused-ring (bicyclic) bond motifs is 3. The molecule has 7 nitrogen and oxygen atoms in total. The zero-order valence-corrected chi connectivity index (χ0v) is 20.6. The second kappa shape index (κ2) is 10.1. The Morgan fingerprint density at radius 3 is 2.47 bits per heavy atom. The summed E-state index contributed by atoms with van der Waals surface area (Å²) < 4.78 is 18.6. The van der Waals surface area contributed by atoms with Gasteiger partial charge in [0.15, 0.2) is 11.5 Å². The van der Waals surface area contributed by atoms with E-state index in [1.807, 2.05) is 60.5 Å². The van der Waals surface area contributed by atoms with Crippen molar-refractivity contribution in [2.75, 3.05) is 26.1 Å². The van der Waals surface area contributed by atoms with E-state index in [4.69, 9.17) is 14.2 Å². The van der Waals surface area contributed by atoms with Crippen LogP contribution in [0.4, 0.5) is 10.5 Å². The summed E-state index contributed by atoms with van der Waals surface area (Å²) in [7, 11) is 3.16. The van der Waals surface area contributed by atoms with Crippen molar-refractivity contribution >= 4 is 11.7 Å². The number of amides is 2. The number of hydrogen-bond acceptors (Lipinski definition) is 4. The number of nitrogens with one attached hydrogen (secondary N) is 1. The first-order chi connectivity index (χ1) is 17.6. The summed E-state index contributed by atoms with van der Waals surface area (Å²) >= 11 is 0. The summed E-state index contributed by atoms with van der Waals surface area (Å²) in [5.41, 5.74) is 4.75. The highest BCUT2D eigenvalue weighted by molar-refractivity contribution is 5.90. The van der Waals surface area contributed by atoms with E-state index in [9.17, 15) is 4.79 Å². The monoisotopic (exact) mass is 483 g/mol. The molecule has 184 valence electrons. The topological polar surface area (TPSA) is 65.0 Å². The SMILES string of the molecule is CCOc1ccc([C@H]2c3cccn3-c3ccccc3CN2C(=O)Nc2ccc(OC)c(OC)c2)cc1. The van der Waals surface area contributed by atoms with Crippen LogP contribution in [-0.4, -0.2) is 36.3 Å². The normalized spacial score (nSPS) is 14.3. The Balaban J connectivity index is 1.57. The molecule has 1 aromatic heterocycles. The standard InChI is InChI=1S/C29H29N3O4/c1-4-36-23-14-11-20(12-15-23)28-25-10-7-17-31(25)24-9-6-5-8-21(24)19-32(28)29(33)30-22-13-16-26(34-2)27(18-22)35-3/h5-18,28H,4,19H2,1-3H3,(H,30,33)/t28-/m0/s1. The predicted molar refractivity (Wildman–Crippen MR) is 139 cm³/mol. The van der Waals surface area contributed by atoms with Gasteiger partial charge in [-0.15, -0.1) is 0 Å². The molecule has 0 aliphatic carbocycles. The van der Waals surface area contributed by atoms with Crippen molar-refractivity contribution in [1.82, 2.24) is 9.47 Å². The number of urea groups is 1. The molecule has 1 aliphatic heterocycles. The summed E-state index contributed by atoms with van der Waals surface area (Å²) in [5, 5.41) is 3.07. The molecule has 0 fully saturated rings. The second-order valence-corrected chi connectivity index (χ2v) is 8.46. The van der Waals surface area contributed by atoms with Crippen molar-refractivity contribution in [2.45, 2.75) is 19.5 Å². The maximum Gasteiger partial charge on any atom is 0.322 e. The minimum atomic E-state index is -0.316. The fourth-order valence-corrected chi connectivity index (χ4v) is 4.71. The third-order valence-corrected chi connectivity index (χ3v) is 6.37. The number of methoxy groups -OCH3 is 2. The molecule has 0 saturated heterocycles. The first-order valence-corrected chi connectivity index (χ1v) is 11.9. The van der Waals surface area contributed by atoms with Crippen LogP contribution in [0.25, 0.3) is 5.69 Å². The van der Waals surface area contributed by atoms with E-state index in [-0.39, 0.29) is 12.1 Å². The molecular weight excluding hydrogens is 454 g/mol. The van der Waals surface area contributed by atoms with Crippen LogP contribution in [0.1, 0.15) is 29.8 Å². The number of nitrogens with zero attached hydrogens (tertiary/aromatic N) is 2. The number of carbonyl (C=O) groups is 1. The molecule has 4 aromatic rings. The lowest BCUT2D eigenvalue weighted by atomic mass is 10.0. The first-order valence-electron chi connectivity index (χ1n) is 11.9. The van der Waals surface area contributed by atoms with E-state index < -0.39 is 0 Å². The van der Waals surface area contributed by atoms with Gasteiger partial charge in [-0.3, -0.25) is 0 Å². The fourth-order valence-electron chi connectivity index (χ4n) is 4.71. The lowest BCUT2D eigenvalue weighted by Gasteiger charge is -2.31. The molecule has 1 atom stereocenters. The first kappa shape index (κ1) is 23.4. The van der Waals surface area contributed by atoms with Crippen LogP contribution in [0.2, 0.25) is 0 Å². The zero-order valence-electron chi connectivity index (χ0n) is 20.6. The average molecular weight is 484 g/mol. The van der Waals surface area contributed by atoms with Gasteiger partial charge >= 0.3 is 6.03 Å². The maximum absolute atomic E-state index is 13.9. The second-order valence-electron chi connectivity index (χ2n) is 8.46. The molecule has 0 spiro atoms. The Morgan fingerprint density at radius 2 is 1.72 bits per heavy atom. The van der Waals surface area contributed by atoms with Gasteiger partial charge in [0.1, 0.15) is 5.75 Å². The van der Waals surface area contributed by atoms with Gasteiger partial charge in [0.05, 0.1) is 39.1 Å². The van der Waals surface area contributed by atoms with Crippen molar-refractivity contribution in [3.8, 4) is 22.9 Å². The number of hydrogen-bond donors (Lipinski definition) is 1. The minimum Gasteiger partial charge on any atom is -0.494 e. The Hall–Kier alpha value is -4.39. The van der Waals surface area contributed by atoms with Crippen LogP contribution in [0.5, 0.6) is 17.2 Å². The summed E-state index contributed by atoms with van der Waals surface area (Å²) in [5.74, 6) is 1.95. The van der Waals surface area contributed by atoms with Gasteiger partial charge in [-0.2, -0.15) is 0 Å². The van der Waals surface area contributed by atoms with Gasteiger partial charge in [0.25, 0.3) is 0 Å². The molecule has 0 radical (unpaired) electrons. The van der Waals surface area contributed by atoms with Crippen LogP contribution >= 0.6 is 0 Å². The number of anilines is 1. The Bertz CT molecular complexity index is 1360. The lowest BCUT2D eigenvalue weighted by molar-refractivity contribution is 0.194. The molecular formula is C29H29N3O4. The Kier molecular flexibility index (Phi) is 6.54. The van der Waals surface area contributed by atoms with E-state index in [1.165, 1.54) is 0 Å². The highest BCUT2D eigenvalue weighted by atomic mass is 16.5. The molecule has 36 heavy (non-hydrogen) atoms. The predicted octanol–water partition coefficient (Wildman–Crippen LogP) is 6.03. The number of para-hydroxylation sites is 1. The molecule has 2 amide bonds.